The molecule has 0 unspecified atom stereocenters. The number of halogens is 1. The van der Waals surface area contributed by atoms with E-state index in [2.05, 4.69) is 0 Å². The Morgan fingerprint density at radius 1 is 1.14 bits per heavy atom. The van der Waals surface area contributed by atoms with Crippen molar-refractivity contribution in [2.24, 2.45) is 0 Å². The fraction of sp³-hybridized carbons (Fsp3) is 0.0526. The Kier molecular flexibility index (Phi) is 6.13. The number of nitrogens with zero attached hydrogens (tertiary/aromatic N) is 1. The van der Waals surface area contributed by atoms with Crippen molar-refractivity contribution in [3.8, 4) is 5.75 Å². The van der Waals surface area contributed by atoms with Gasteiger partial charge < -0.3 is 9.84 Å². The molecule has 2 aromatic rings. The van der Waals surface area contributed by atoms with Gasteiger partial charge in [0, 0.05) is 5.02 Å². The molecule has 0 spiro atoms. The van der Waals surface area contributed by atoms with Crippen LogP contribution in [0.5, 0.6) is 5.75 Å². The van der Waals surface area contributed by atoms with Crippen LogP contribution in [0.2, 0.25) is 5.02 Å². The molecule has 1 aliphatic rings. The van der Waals surface area contributed by atoms with Gasteiger partial charge in [-0.1, -0.05) is 47.7 Å². The van der Waals surface area contributed by atoms with Gasteiger partial charge >= 0.3 is 11.9 Å². The van der Waals surface area contributed by atoms with Crippen LogP contribution in [0.25, 0.3) is 6.08 Å². The number of esters is 1. The van der Waals surface area contributed by atoms with Gasteiger partial charge in [-0.3, -0.25) is 14.5 Å². The first-order valence-electron chi connectivity index (χ1n) is 7.88. The van der Waals surface area contributed by atoms with Gasteiger partial charge in [0.1, 0.15) is 16.6 Å². The summed E-state index contributed by atoms with van der Waals surface area (Å²) < 4.78 is 5.50. The van der Waals surface area contributed by atoms with Crippen LogP contribution in [0.1, 0.15) is 15.9 Å². The number of amides is 1. The van der Waals surface area contributed by atoms with E-state index >= 15 is 0 Å². The van der Waals surface area contributed by atoms with Gasteiger partial charge in [0.05, 0.1) is 10.5 Å². The Morgan fingerprint density at radius 2 is 1.79 bits per heavy atom. The van der Waals surface area contributed by atoms with Crippen molar-refractivity contribution in [3.05, 3.63) is 69.6 Å². The van der Waals surface area contributed by atoms with Crippen LogP contribution in [-0.4, -0.2) is 38.7 Å². The molecule has 1 fully saturated rings. The molecule has 0 aromatic heterocycles. The lowest BCUT2D eigenvalue weighted by Crippen LogP contribution is -2.33. The molecule has 0 bridgehead atoms. The molecule has 142 valence electrons. The van der Waals surface area contributed by atoms with Crippen LogP contribution >= 0.6 is 35.6 Å². The van der Waals surface area contributed by atoms with Crippen LogP contribution in [0.4, 0.5) is 0 Å². The average molecular weight is 434 g/mol. The predicted octanol–water partition coefficient (Wildman–Crippen LogP) is 3.85. The maximum Gasteiger partial charge on any atom is 0.343 e. The van der Waals surface area contributed by atoms with E-state index in [1.54, 1.807) is 54.6 Å². The van der Waals surface area contributed by atoms with Crippen LogP contribution in [-0.2, 0) is 9.59 Å². The van der Waals surface area contributed by atoms with E-state index in [4.69, 9.17) is 33.7 Å². The number of carbonyl (C=O) groups is 3. The fourth-order valence-corrected chi connectivity index (χ4v) is 3.69. The summed E-state index contributed by atoms with van der Waals surface area (Å²) in [7, 11) is 0. The number of benzene rings is 2. The molecule has 1 aliphatic heterocycles. The van der Waals surface area contributed by atoms with E-state index in [1.165, 1.54) is 0 Å². The lowest BCUT2D eigenvalue weighted by atomic mass is 10.2. The second-order valence-electron chi connectivity index (χ2n) is 5.63. The van der Waals surface area contributed by atoms with E-state index in [-0.39, 0.29) is 4.32 Å². The molecular formula is C19H12ClNO5S2. The molecule has 0 saturated carbocycles. The number of hydrogen-bond acceptors (Lipinski definition) is 6. The number of thiocarbonyl (C=S) groups is 1. The van der Waals surface area contributed by atoms with Crippen molar-refractivity contribution in [2.75, 3.05) is 6.54 Å². The van der Waals surface area contributed by atoms with E-state index in [1.807, 2.05) is 0 Å². The summed E-state index contributed by atoms with van der Waals surface area (Å²) in [4.78, 5) is 36.6. The quantitative estimate of drug-likeness (QED) is 0.332. The van der Waals surface area contributed by atoms with Gasteiger partial charge in [0.15, 0.2) is 0 Å². The molecule has 6 nitrogen and oxygen atoms in total. The topological polar surface area (TPSA) is 83.9 Å². The third kappa shape index (κ3) is 4.78. The average Bonchev–Trinajstić information content (AvgIpc) is 2.91. The summed E-state index contributed by atoms with van der Waals surface area (Å²) in [6.07, 6.45) is 1.60. The highest BCUT2D eigenvalue weighted by atomic mass is 35.5. The van der Waals surface area contributed by atoms with Gasteiger partial charge in [-0.25, -0.2) is 4.79 Å². The minimum Gasteiger partial charge on any atom is -0.480 e. The molecule has 0 atom stereocenters. The minimum atomic E-state index is -1.13. The van der Waals surface area contributed by atoms with Crippen molar-refractivity contribution in [1.29, 1.82) is 0 Å². The summed E-state index contributed by atoms with van der Waals surface area (Å²) in [5.74, 6) is -1.76. The molecule has 0 radical (unpaired) electrons. The predicted molar refractivity (Wildman–Crippen MR) is 110 cm³/mol. The maximum absolute atomic E-state index is 12.3. The zero-order valence-electron chi connectivity index (χ0n) is 14.1. The first-order chi connectivity index (χ1) is 13.3. The van der Waals surface area contributed by atoms with E-state index in [0.717, 1.165) is 16.7 Å². The number of carboxylic acids is 1. The Balaban J connectivity index is 1.69. The molecule has 0 aliphatic carbocycles. The van der Waals surface area contributed by atoms with Gasteiger partial charge in [-0.05, 0) is 48.0 Å². The van der Waals surface area contributed by atoms with Gasteiger partial charge in [-0.2, -0.15) is 0 Å². The van der Waals surface area contributed by atoms with Crippen LogP contribution < -0.4 is 4.74 Å². The second-order valence-corrected chi connectivity index (χ2v) is 7.74. The summed E-state index contributed by atoms with van der Waals surface area (Å²) >= 11 is 11.9. The standard InChI is InChI=1S/C19H12ClNO5S2/c20-13-5-3-12(4-6-13)18(25)26-14-7-1-11(2-8-14)9-15-17(24)21(10-16(22)23)19(27)28-15/h1-9H,10H2,(H,22,23)/b15-9-. The Labute approximate surface area is 174 Å². The highest BCUT2D eigenvalue weighted by Crippen LogP contribution is 2.32. The van der Waals surface area contributed by atoms with E-state index in [9.17, 15) is 14.4 Å². The van der Waals surface area contributed by atoms with Gasteiger partial charge in [0.25, 0.3) is 5.91 Å². The lowest BCUT2D eigenvalue weighted by Gasteiger charge is -2.10. The fourth-order valence-electron chi connectivity index (χ4n) is 2.31. The monoisotopic (exact) mass is 433 g/mol. The second kappa shape index (κ2) is 8.55. The van der Waals surface area contributed by atoms with Crippen molar-refractivity contribution >= 4 is 63.8 Å². The molecule has 2 aromatic carbocycles. The van der Waals surface area contributed by atoms with Crippen molar-refractivity contribution < 1.29 is 24.2 Å². The smallest absolute Gasteiger partial charge is 0.343 e. The van der Waals surface area contributed by atoms with Crippen molar-refractivity contribution in [2.45, 2.75) is 0 Å². The molecular weight excluding hydrogens is 422 g/mol. The number of carboxylic acid groups (broad SMARTS) is 1. The molecule has 1 saturated heterocycles. The van der Waals surface area contributed by atoms with Crippen LogP contribution in [0, 0.1) is 0 Å². The van der Waals surface area contributed by atoms with E-state index in [0.29, 0.717) is 26.8 Å². The Morgan fingerprint density at radius 3 is 2.39 bits per heavy atom. The lowest BCUT2D eigenvalue weighted by molar-refractivity contribution is -0.140. The Bertz CT molecular complexity index is 986. The SMILES string of the molecule is O=C(O)CN1C(=O)/C(=C/c2ccc(OC(=O)c3ccc(Cl)cc3)cc2)SC1=S. The van der Waals surface area contributed by atoms with E-state index < -0.39 is 24.4 Å². The molecule has 28 heavy (non-hydrogen) atoms. The van der Waals surface area contributed by atoms with Gasteiger partial charge in [-0.15, -0.1) is 0 Å². The zero-order valence-corrected chi connectivity index (χ0v) is 16.5. The number of ether oxygens (including phenoxy) is 1. The number of hydrogen-bond donors (Lipinski definition) is 1. The largest absolute Gasteiger partial charge is 0.480 e. The first-order valence-corrected chi connectivity index (χ1v) is 9.49. The van der Waals surface area contributed by atoms with Crippen LogP contribution in [0.15, 0.2) is 53.4 Å². The molecule has 1 N–H and O–H groups in total. The normalized spacial score (nSPS) is 15.2. The first kappa shape index (κ1) is 20.1. The van der Waals surface area contributed by atoms with Gasteiger partial charge in [0.2, 0.25) is 0 Å². The highest BCUT2D eigenvalue weighted by molar-refractivity contribution is 8.26. The molecule has 9 heteroatoms. The van der Waals surface area contributed by atoms with Crippen molar-refractivity contribution in [1.82, 2.24) is 4.90 Å². The molecule has 1 heterocycles. The minimum absolute atomic E-state index is 0.201. The summed E-state index contributed by atoms with van der Waals surface area (Å²) in [6.45, 7) is -0.471. The molecule has 3 rings (SSSR count). The van der Waals surface area contributed by atoms with Crippen LogP contribution in [0.3, 0.4) is 0 Å². The van der Waals surface area contributed by atoms with Crippen molar-refractivity contribution in [3.63, 3.8) is 0 Å². The third-order valence-electron chi connectivity index (χ3n) is 3.64. The summed E-state index contributed by atoms with van der Waals surface area (Å²) in [6, 6.07) is 12.9. The third-order valence-corrected chi connectivity index (χ3v) is 5.27. The number of rotatable bonds is 5. The maximum atomic E-state index is 12.3. The summed E-state index contributed by atoms with van der Waals surface area (Å²) in [5, 5.41) is 9.38. The molecule has 1 amide bonds. The zero-order chi connectivity index (χ0) is 20.3. The highest BCUT2D eigenvalue weighted by Gasteiger charge is 2.33. The Hall–Kier alpha value is -2.68. The number of thioether (sulfide) groups is 1. The number of carbonyl (C=O) groups excluding carboxylic acids is 2. The number of aliphatic carboxylic acids is 1. The summed E-state index contributed by atoms with van der Waals surface area (Å²) in [5.41, 5.74) is 1.05.